The molecule has 6 rings (SSSR count). The Balaban J connectivity index is 1.37. The molecule has 3 fully saturated rings. The second-order valence-corrected chi connectivity index (χ2v) is 10.5. The van der Waals surface area contributed by atoms with Crippen molar-refractivity contribution in [3.63, 3.8) is 0 Å². The van der Waals surface area contributed by atoms with Crippen LogP contribution < -0.4 is 4.90 Å². The summed E-state index contributed by atoms with van der Waals surface area (Å²) in [5, 5.41) is 16.0. The fourth-order valence-electron chi connectivity index (χ4n) is 6.10. The Morgan fingerprint density at radius 3 is 2.42 bits per heavy atom. The summed E-state index contributed by atoms with van der Waals surface area (Å²) in [5.74, 6) is 0.0429. The van der Waals surface area contributed by atoms with Crippen LogP contribution in [0.3, 0.4) is 0 Å². The third-order valence-electron chi connectivity index (χ3n) is 8.54. The van der Waals surface area contributed by atoms with Crippen LogP contribution >= 0.6 is 0 Å². The van der Waals surface area contributed by atoms with Gasteiger partial charge >= 0.3 is 5.97 Å². The molecule has 1 unspecified atom stereocenters. The molecule has 1 aliphatic carbocycles. The number of hydrogen-bond acceptors (Lipinski definition) is 6. The van der Waals surface area contributed by atoms with E-state index in [1.165, 1.54) is 6.42 Å². The van der Waals surface area contributed by atoms with Gasteiger partial charge in [-0.05, 0) is 56.7 Å². The summed E-state index contributed by atoms with van der Waals surface area (Å²) in [4.78, 5) is 21.7. The van der Waals surface area contributed by atoms with Gasteiger partial charge in [0.05, 0.1) is 35.7 Å². The highest BCUT2D eigenvalue weighted by Crippen LogP contribution is 2.43. The van der Waals surface area contributed by atoms with Crippen LogP contribution in [-0.4, -0.2) is 76.2 Å². The molecule has 3 aromatic rings. The van der Waals surface area contributed by atoms with E-state index < -0.39 is 5.97 Å². The maximum atomic E-state index is 12.1. The molecule has 8 heteroatoms. The van der Waals surface area contributed by atoms with Crippen molar-refractivity contribution in [2.24, 2.45) is 5.92 Å². The lowest BCUT2D eigenvalue weighted by atomic mass is 9.81. The summed E-state index contributed by atoms with van der Waals surface area (Å²) in [6.07, 6.45) is 5.65. The second-order valence-electron chi connectivity index (χ2n) is 10.5. The van der Waals surface area contributed by atoms with E-state index in [2.05, 4.69) is 21.7 Å². The number of aromatic nitrogens is 3. The van der Waals surface area contributed by atoms with Crippen molar-refractivity contribution in [2.75, 3.05) is 44.3 Å². The first-order chi connectivity index (χ1) is 17.6. The number of fused-ring (bicyclic) bond motifs is 1. The molecular weight excluding hydrogens is 454 g/mol. The number of anilines is 1. The van der Waals surface area contributed by atoms with E-state index in [1.54, 1.807) is 6.07 Å². The van der Waals surface area contributed by atoms with Gasteiger partial charge < -0.3 is 14.7 Å². The highest BCUT2D eigenvalue weighted by Gasteiger charge is 2.33. The largest absolute Gasteiger partial charge is 0.477 e. The molecule has 0 radical (unpaired) electrons. The molecule has 1 saturated carbocycles. The van der Waals surface area contributed by atoms with Gasteiger partial charge in [0, 0.05) is 38.1 Å². The van der Waals surface area contributed by atoms with E-state index in [9.17, 15) is 9.90 Å². The van der Waals surface area contributed by atoms with Gasteiger partial charge in [0.15, 0.2) is 11.3 Å². The molecule has 190 valence electrons. The predicted molar refractivity (Wildman–Crippen MR) is 139 cm³/mol. The number of hydrogen-bond donors (Lipinski definition) is 1. The Hall–Kier alpha value is -2.97. The molecule has 4 heterocycles. The first kappa shape index (κ1) is 23.4. The predicted octanol–water partition coefficient (Wildman–Crippen LogP) is 4.32. The third kappa shape index (κ3) is 4.26. The monoisotopic (exact) mass is 489 g/mol. The fraction of sp³-hybridized carbons (Fsp3) is 0.536. The van der Waals surface area contributed by atoms with Crippen LogP contribution in [0.15, 0.2) is 36.4 Å². The van der Waals surface area contributed by atoms with Gasteiger partial charge in [-0.3, -0.25) is 4.90 Å². The first-order valence-corrected chi connectivity index (χ1v) is 13.4. The molecule has 3 aliphatic rings. The topological polar surface area (TPSA) is 83.7 Å². The number of para-hydroxylation sites is 1. The van der Waals surface area contributed by atoms with E-state index in [4.69, 9.17) is 9.84 Å². The molecule has 0 spiro atoms. The summed E-state index contributed by atoms with van der Waals surface area (Å²) in [6.45, 7) is 7.86. The van der Waals surface area contributed by atoms with Crippen LogP contribution in [0.5, 0.6) is 0 Å². The standard InChI is InChI=1S/C28H35N5O3/c1-19(31-14-16-36-17-15-31)20-10-12-32(13-11-20)24-18-23(28(34)35)29-27-25(24)26(21-6-5-7-21)30-33(27)22-8-3-2-4-9-22/h2-4,8-9,18-21H,5-7,10-17H2,1H3,(H,34,35). The Kier molecular flexibility index (Phi) is 6.39. The van der Waals surface area contributed by atoms with Crippen LogP contribution in [0.1, 0.15) is 61.1 Å². The van der Waals surface area contributed by atoms with E-state index in [-0.39, 0.29) is 5.69 Å². The smallest absolute Gasteiger partial charge is 0.354 e. The minimum Gasteiger partial charge on any atom is -0.477 e. The zero-order valence-corrected chi connectivity index (χ0v) is 21.0. The number of carboxylic acids is 1. The molecule has 2 aromatic heterocycles. The van der Waals surface area contributed by atoms with Gasteiger partial charge in [-0.25, -0.2) is 14.5 Å². The summed E-state index contributed by atoms with van der Waals surface area (Å²) in [5.41, 5.74) is 3.70. The number of nitrogens with zero attached hydrogens (tertiary/aromatic N) is 5. The Morgan fingerprint density at radius 2 is 1.78 bits per heavy atom. The van der Waals surface area contributed by atoms with Crippen molar-refractivity contribution in [1.82, 2.24) is 19.7 Å². The molecule has 0 bridgehead atoms. The molecule has 36 heavy (non-hydrogen) atoms. The normalized spacial score (nSPS) is 21.0. The lowest BCUT2D eigenvalue weighted by Gasteiger charge is -2.41. The van der Waals surface area contributed by atoms with E-state index in [1.807, 2.05) is 35.0 Å². The molecule has 1 atom stereocenters. The van der Waals surface area contributed by atoms with Crippen molar-refractivity contribution in [3.8, 4) is 5.69 Å². The third-order valence-corrected chi connectivity index (χ3v) is 8.54. The van der Waals surface area contributed by atoms with Crippen molar-refractivity contribution < 1.29 is 14.6 Å². The number of ether oxygens (including phenoxy) is 1. The summed E-state index contributed by atoms with van der Waals surface area (Å²) in [6, 6.07) is 12.3. The average Bonchev–Trinajstić information content (AvgIpc) is 3.27. The molecule has 1 N–H and O–H groups in total. The molecular formula is C28H35N5O3. The van der Waals surface area contributed by atoms with E-state index >= 15 is 0 Å². The summed E-state index contributed by atoms with van der Waals surface area (Å²) < 4.78 is 7.40. The molecule has 1 aromatic carbocycles. The van der Waals surface area contributed by atoms with Gasteiger partial charge in [-0.15, -0.1) is 0 Å². The lowest BCUT2D eigenvalue weighted by Crippen LogP contribution is -2.48. The second kappa shape index (κ2) is 9.82. The SMILES string of the molecule is CC(C1CCN(c2cc(C(=O)O)nc3c2c(C2CCC2)nn3-c2ccccc2)CC1)N1CCOCC1. The highest BCUT2D eigenvalue weighted by atomic mass is 16.5. The summed E-state index contributed by atoms with van der Waals surface area (Å²) in [7, 11) is 0. The van der Waals surface area contributed by atoms with Gasteiger partial charge in [0.1, 0.15) is 0 Å². The zero-order chi connectivity index (χ0) is 24.6. The Bertz CT molecular complexity index is 1220. The van der Waals surface area contributed by atoms with Crippen molar-refractivity contribution in [3.05, 3.63) is 47.8 Å². The number of rotatable bonds is 6. The number of benzene rings is 1. The van der Waals surface area contributed by atoms with Crippen molar-refractivity contribution in [2.45, 2.75) is 51.0 Å². The van der Waals surface area contributed by atoms with Gasteiger partial charge in [-0.2, -0.15) is 5.10 Å². The van der Waals surface area contributed by atoms with Crippen LogP contribution in [0.25, 0.3) is 16.7 Å². The maximum Gasteiger partial charge on any atom is 0.354 e. The number of aromatic carboxylic acids is 1. The molecule has 0 amide bonds. The minimum atomic E-state index is -1.00. The van der Waals surface area contributed by atoms with Crippen LogP contribution in [0, 0.1) is 5.92 Å². The highest BCUT2D eigenvalue weighted by molar-refractivity contribution is 5.98. The van der Waals surface area contributed by atoms with Gasteiger partial charge in [0.2, 0.25) is 0 Å². The Labute approximate surface area is 211 Å². The Morgan fingerprint density at radius 1 is 1.06 bits per heavy atom. The average molecular weight is 490 g/mol. The van der Waals surface area contributed by atoms with E-state index in [0.717, 1.165) is 87.5 Å². The molecule has 2 aliphatic heterocycles. The number of pyridine rings is 1. The van der Waals surface area contributed by atoms with Crippen molar-refractivity contribution >= 4 is 22.7 Å². The minimum absolute atomic E-state index is 0.0820. The first-order valence-electron chi connectivity index (χ1n) is 13.4. The summed E-state index contributed by atoms with van der Waals surface area (Å²) >= 11 is 0. The number of piperidine rings is 1. The van der Waals surface area contributed by atoms with Crippen LogP contribution in [-0.2, 0) is 4.74 Å². The van der Waals surface area contributed by atoms with Crippen molar-refractivity contribution in [1.29, 1.82) is 0 Å². The lowest BCUT2D eigenvalue weighted by molar-refractivity contribution is 0.00449. The maximum absolute atomic E-state index is 12.1. The quantitative estimate of drug-likeness (QED) is 0.552. The van der Waals surface area contributed by atoms with Crippen LogP contribution in [0.4, 0.5) is 5.69 Å². The van der Waals surface area contributed by atoms with E-state index in [0.29, 0.717) is 23.5 Å². The number of morpholine rings is 1. The number of carbonyl (C=O) groups is 1. The number of carboxylic acid groups (broad SMARTS) is 1. The van der Waals surface area contributed by atoms with Crippen LogP contribution in [0.2, 0.25) is 0 Å². The van der Waals surface area contributed by atoms with Gasteiger partial charge in [0.25, 0.3) is 0 Å². The fourth-order valence-corrected chi connectivity index (χ4v) is 6.10. The molecule has 8 nitrogen and oxygen atoms in total. The molecule has 2 saturated heterocycles. The van der Waals surface area contributed by atoms with Gasteiger partial charge in [-0.1, -0.05) is 24.6 Å². The zero-order valence-electron chi connectivity index (χ0n) is 21.0.